The van der Waals surface area contributed by atoms with Crippen molar-refractivity contribution in [1.29, 1.82) is 0 Å². The number of rotatable bonds is 0. The molecule has 15 heavy (non-hydrogen) atoms. The highest BCUT2D eigenvalue weighted by Gasteiger charge is 2.09. The zero-order valence-corrected chi connectivity index (χ0v) is 9.00. The second-order valence-electron chi connectivity index (χ2n) is 3.13. The predicted molar refractivity (Wildman–Crippen MR) is 59.7 cm³/mol. The van der Waals surface area contributed by atoms with Gasteiger partial charge < -0.3 is 9.97 Å². The Morgan fingerprint density at radius 2 is 2.20 bits per heavy atom. The number of halogens is 1. The predicted octanol–water partition coefficient (Wildman–Crippen LogP) is 1.56. The molecule has 0 atom stereocenters. The molecule has 3 heterocycles. The van der Waals surface area contributed by atoms with Gasteiger partial charge in [-0.1, -0.05) is 0 Å². The van der Waals surface area contributed by atoms with E-state index in [4.69, 9.17) is 0 Å². The number of aromatic nitrogens is 4. The van der Waals surface area contributed by atoms with E-state index in [1.807, 2.05) is 6.07 Å². The van der Waals surface area contributed by atoms with E-state index in [9.17, 15) is 4.79 Å². The van der Waals surface area contributed by atoms with E-state index >= 15 is 0 Å². The van der Waals surface area contributed by atoms with Gasteiger partial charge >= 0.3 is 0 Å². The molecule has 0 spiro atoms. The standard InChI is InChI=1S/C9H5BrN4O/c10-4-1-5-7(11-2-4)6-8(14-5)12-3-13-9(6)15/h1-3H,(H2,12,13,14,15). The molecule has 0 unspecified atom stereocenters. The first-order chi connectivity index (χ1) is 7.25. The third-order valence-electron chi connectivity index (χ3n) is 2.20. The minimum absolute atomic E-state index is 0.180. The molecular weight excluding hydrogens is 260 g/mol. The third-order valence-corrected chi connectivity index (χ3v) is 2.63. The van der Waals surface area contributed by atoms with Crippen molar-refractivity contribution in [3.05, 3.63) is 33.4 Å². The Labute approximate surface area is 91.7 Å². The molecule has 6 heteroatoms. The number of hydrogen-bond donors (Lipinski definition) is 2. The summed E-state index contributed by atoms with van der Waals surface area (Å²) in [5, 5.41) is 0.500. The summed E-state index contributed by atoms with van der Waals surface area (Å²) in [5.41, 5.74) is 1.81. The molecule has 0 bridgehead atoms. The molecule has 0 fully saturated rings. The van der Waals surface area contributed by atoms with Gasteiger partial charge in [-0.3, -0.25) is 9.78 Å². The molecule has 0 saturated carbocycles. The van der Waals surface area contributed by atoms with E-state index in [1.165, 1.54) is 6.33 Å². The Morgan fingerprint density at radius 1 is 1.33 bits per heavy atom. The van der Waals surface area contributed by atoms with Gasteiger partial charge in [-0.05, 0) is 22.0 Å². The van der Waals surface area contributed by atoms with Gasteiger partial charge in [0, 0.05) is 10.7 Å². The highest BCUT2D eigenvalue weighted by molar-refractivity contribution is 9.10. The Balaban J connectivity index is 2.65. The van der Waals surface area contributed by atoms with Crippen molar-refractivity contribution in [3.8, 4) is 0 Å². The monoisotopic (exact) mass is 264 g/mol. The maximum absolute atomic E-state index is 11.6. The van der Waals surface area contributed by atoms with Gasteiger partial charge in [0.05, 0.1) is 11.8 Å². The van der Waals surface area contributed by atoms with E-state index in [0.29, 0.717) is 16.6 Å². The first-order valence-electron chi connectivity index (χ1n) is 4.26. The lowest BCUT2D eigenvalue weighted by molar-refractivity contribution is 1.16. The van der Waals surface area contributed by atoms with Crippen LogP contribution in [0.2, 0.25) is 0 Å². The van der Waals surface area contributed by atoms with Crippen molar-refractivity contribution >= 4 is 38.0 Å². The maximum atomic E-state index is 11.6. The summed E-state index contributed by atoms with van der Waals surface area (Å²) >= 11 is 3.32. The molecule has 3 aromatic heterocycles. The molecule has 5 nitrogen and oxygen atoms in total. The number of aromatic amines is 2. The summed E-state index contributed by atoms with van der Waals surface area (Å²) < 4.78 is 0.859. The summed E-state index contributed by atoms with van der Waals surface area (Å²) in [6.45, 7) is 0. The van der Waals surface area contributed by atoms with Crippen LogP contribution in [-0.4, -0.2) is 19.9 Å². The van der Waals surface area contributed by atoms with Crippen LogP contribution in [0.1, 0.15) is 0 Å². The van der Waals surface area contributed by atoms with Crippen LogP contribution >= 0.6 is 15.9 Å². The topological polar surface area (TPSA) is 74.4 Å². The maximum Gasteiger partial charge on any atom is 0.262 e. The lowest BCUT2D eigenvalue weighted by Crippen LogP contribution is -2.05. The fourth-order valence-corrected chi connectivity index (χ4v) is 1.91. The molecule has 0 aliphatic carbocycles. The summed E-state index contributed by atoms with van der Waals surface area (Å²) in [5.74, 6) is 0. The molecule has 0 amide bonds. The van der Waals surface area contributed by atoms with Gasteiger partial charge in [0.25, 0.3) is 5.56 Å². The molecule has 0 aromatic carbocycles. The normalized spacial score (nSPS) is 11.3. The van der Waals surface area contributed by atoms with Crippen LogP contribution in [0.5, 0.6) is 0 Å². The molecule has 0 radical (unpaired) electrons. The molecule has 0 saturated heterocycles. The molecule has 3 aromatic rings. The van der Waals surface area contributed by atoms with Crippen LogP contribution in [0.15, 0.2) is 27.9 Å². The highest BCUT2D eigenvalue weighted by Crippen LogP contribution is 2.21. The molecule has 2 N–H and O–H groups in total. The van der Waals surface area contributed by atoms with E-state index in [-0.39, 0.29) is 5.56 Å². The Bertz CT molecular complexity index is 715. The van der Waals surface area contributed by atoms with Gasteiger partial charge in [-0.25, -0.2) is 4.98 Å². The quantitative estimate of drug-likeness (QED) is 0.647. The fraction of sp³-hybridized carbons (Fsp3) is 0. The molecular formula is C9H5BrN4O. The number of fused-ring (bicyclic) bond motifs is 3. The zero-order chi connectivity index (χ0) is 10.4. The smallest absolute Gasteiger partial charge is 0.262 e. The largest absolute Gasteiger partial charge is 0.338 e. The molecule has 0 aliphatic heterocycles. The summed E-state index contributed by atoms with van der Waals surface area (Å²) in [6, 6.07) is 1.86. The number of nitrogens with one attached hydrogen (secondary N) is 2. The lowest BCUT2D eigenvalue weighted by Gasteiger charge is -1.89. The van der Waals surface area contributed by atoms with Crippen molar-refractivity contribution in [1.82, 2.24) is 19.9 Å². The number of nitrogens with zero attached hydrogens (tertiary/aromatic N) is 2. The van der Waals surface area contributed by atoms with Crippen LogP contribution in [-0.2, 0) is 0 Å². The van der Waals surface area contributed by atoms with Crippen LogP contribution < -0.4 is 5.56 Å². The van der Waals surface area contributed by atoms with E-state index in [2.05, 4.69) is 35.9 Å². The average molecular weight is 265 g/mol. The molecule has 3 rings (SSSR count). The minimum atomic E-state index is -0.180. The average Bonchev–Trinajstić information content (AvgIpc) is 2.56. The Morgan fingerprint density at radius 3 is 3.07 bits per heavy atom. The van der Waals surface area contributed by atoms with Crippen LogP contribution in [0, 0.1) is 0 Å². The molecule has 74 valence electrons. The Hall–Kier alpha value is -1.69. The van der Waals surface area contributed by atoms with E-state index in [0.717, 1.165) is 9.99 Å². The highest BCUT2D eigenvalue weighted by atomic mass is 79.9. The second-order valence-corrected chi connectivity index (χ2v) is 4.05. The van der Waals surface area contributed by atoms with Gasteiger partial charge in [0.2, 0.25) is 0 Å². The fourth-order valence-electron chi connectivity index (χ4n) is 1.58. The second kappa shape index (κ2) is 2.90. The first-order valence-corrected chi connectivity index (χ1v) is 5.05. The summed E-state index contributed by atoms with van der Waals surface area (Å²) in [6.07, 6.45) is 3.02. The van der Waals surface area contributed by atoms with E-state index < -0.39 is 0 Å². The van der Waals surface area contributed by atoms with Gasteiger partial charge in [0.15, 0.2) is 0 Å². The van der Waals surface area contributed by atoms with Crippen LogP contribution in [0.3, 0.4) is 0 Å². The van der Waals surface area contributed by atoms with Gasteiger partial charge in [-0.15, -0.1) is 0 Å². The SMILES string of the molecule is O=c1[nH]cnc2[nH]c3cc(Br)cnc3c12. The summed E-state index contributed by atoms with van der Waals surface area (Å²) in [7, 11) is 0. The van der Waals surface area contributed by atoms with Crippen LogP contribution in [0.25, 0.3) is 22.1 Å². The zero-order valence-electron chi connectivity index (χ0n) is 7.41. The van der Waals surface area contributed by atoms with Gasteiger partial charge in [0.1, 0.15) is 16.6 Å². The van der Waals surface area contributed by atoms with E-state index in [1.54, 1.807) is 6.20 Å². The van der Waals surface area contributed by atoms with Crippen molar-refractivity contribution in [3.63, 3.8) is 0 Å². The van der Waals surface area contributed by atoms with Crippen molar-refractivity contribution in [2.75, 3.05) is 0 Å². The third kappa shape index (κ3) is 1.18. The number of pyridine rings is 1. The van der Waals surface area contributed by atoms with Crippen molar-refractivity contribution < 1.29 is 0 Å². The first kappa shape index (κ1) is 8.60. The Kier molecular flexibility index (Phi) is 1.66. The molecule has 0 aliphatic rings. The minimum Gasteiger partial charge on any atom is -0.338 e. The van der Waals surface area contributed by atoms with Gasteiger partial charge in [-0.2, -0.15) is 0 Å². The van der Waals surface area contributed by atoms with Crippen molar-refractivity contribution in [2.45, 2.75) is 0 Å². The number of H-pyrrole nitrogens is 2. The summed E-state index contributed by atoms with van der Waals surface area (Å²) in [4.78, 5) is 25.4. The van der Waals surface area contributed by atoms with Crippen molar-refractivity contribution in [2.24, 2.45) is 0 Å². The lowest BCUT2D eigenvalue weighted by atomic mass is 10.3. The number of hydrogen-bond acceptors (Lipinski definition) is 3. The van der Waals surface area contributed by atoms with Crippen LogP contribution in [0.4, 0.5) is 0 Å².